The van der Waals surface area contributed by atoms with Crippen molar-refractivity contribution in [3.63, 3.8) is 0 Å². The Hall–Kier alpha value is -2.33. The smallest absolute Gasteiger partial charge is 0.251 e. The van der Waals surface area contributed by atoms with E-state index in [9.17, 15) is 9.59 Å². The minimum absolute atomic E-state index is 0.122. The first-order chi connectivity index (χ1) is 13.0. The maximum atomic E-state index is 12.3. The molecule has 3 rings (SSSR count). The van der Waals surface area contributed by atoms with Gasteiger partial charge >= 0.3 is 0 Å². The number of nitrogens with zero attached hydrogens (tertiary/aromatic N) is 4. The van der Waals surface area contributed by atoms with Crippen LogP contribution in [0.1, 0.15) is 29.1 Å². The van der Waals surface area contributed by atoms with Gasteiger partial charge in [-0.3, -0.25) is 14.6 Å². The number of aromatic nitrogens is 3. The third-order valence-electron chi connectivity index (χ3n) is 3.80. The molecule has 0 bridgehead atoms. The molecule has 0 radical (unpaired) electrons. The van der Waals surface area contributed by atoms with Gasteiger partial charge in [0.2, 0.25) is 5.91 Å². The van der Waals surface area contributed by atoms with E-state index in [0.717, 1.165) is 12.3 Å². The molecule has 142 valence electrons. The van der Waals surface area contributed by atoms with Crippen LogP contribution in [0.3, 0.4) is 0 Å². The summed E-state index contributed by atoms with van der Waals surface area (Å²) >= 11 is 2.84. The second-order valence-electron chi connectivity index (χ2n) is 5.83. The highest BCUT2D eigenvalue weighted by atomic mass is 32.2. The summed E-state index contributed by atoms with van der Waals surface area (Å²) < 4.78 is 1.79. The molecule has 2 N–H and O–H groups in total. The Balaban J connectivity index is 1.55. The van der Waals surface area contributed by atoms with E-state index in [1.165, 1.54) is 11.8 Å². The summed E-state index contributed by atoms with van der Waals surface area (Å²) in [5, 5.41) is 15.3. The zero-order valence-electron chi connectivity index (χ0n) is 15.0. The van der Waals surface area contributed by atoms with Crippen molar-refractivity contribution in [2.75, 3.05) is 18.1 Å². The van der Waals surface area contributed by atoms with Crippen molar-refractivity contribution in [2.24, 2.45) is 12.0 Å². The van der Waals surface area contributed by atoms with Gasteiger partial charge in [-0.1, -0.05) is 41.7 Å². The zero-order valence-corrected chi connectivity index (χ0v) is 16.6. The molecule has 1 aromatic heterocycles. The quantitative estimate of drug-likeness (QED) is 0.710. The largest absolute Gasteiger partial charge is 0.342 e. The van der Waals surface area contributed by atoms with Gasteiger partial charge in [0.25, 0.3) is 5.91 Å². The fourth-order valence-electron chi connectivity index (χ4n) is 2.46. The molecule has 2 amide bonds. The Kier molecular flexibility index (Phi) is 6.51. The highest BCUT2D eigenvalue weighted by Gasteiger charge is 2.19. The van der Waals surface area contributed by atoms with Crippen LogP contribution in [0.2, 0.25) is 0 Å². The van der Waals surface area contributed by atoms with Gasteiger partial charge in [-0.2, -0.15) is 0 Å². The van der Waals surface area contributed by atoms with Crippen LogP contribution < -0.4 is 10.6 Å². The van der Waals surface area contributed by atoms with Crippen molar-refractivity contribution in [3.05, 3.63) is 41.7 Å². The van der Waals surface area contributed by atoms with Crippen molar-refractivity contribution >= 4 is 40.5 Å². The zero-order chi connectivity index (χ0) is 19.2. The van der Waals surface area contributed by atoms with Crippen LogP contribution >= 0.6 is 23.5 Å². The average Bonchev–Trinajstić information content (AvgIpc) is 3.30. The summed E-state index contributed by atoms with van der Waals surface area (Å²) in [5.41, 5.74) is 0.588. The second kappa shape index (κ2) is 9.05. The van der Waals surface area contributed by atoms with Gasteiger partial charge in [0.15, 0.2) is 16.1 Å². The van der Waals surface area contributed by atoms with Crippen molar-refractivity contribution in [1.29, 1.82) is 0 Å². The predicted octanol–water partition coefficient (Wildman–Crippen LogP) is 1.62. The molecule has 0 saturated carbocycles. The molecule has 1 aliphatic heterocycles. The molecule has 1 aromatic carbocycles. The fourth-order valence-corrected chi connectivity index (χ4v) is 3.92. The molecule has 2 aromatic rings. The summed E-state index contributed by atoms with van der Waals surface area (Å²) in [7, 11) is 1.82. The van der Waals surface area contributed by atoms with Gasteiger partial charge in [-0.25, -0.2) is 0 Å². The third kappa shape index (κ3) is 5.10. The molecule has 27 heavy (non-hydrogen) atoms. The Morgan fingerprint density at radius 3 is 2.78 bits per heavy atom. The standard InChI is InChI=1S/C17H20N6O2S2/c1-11(19-15(25)12-6-4-3-5-7-12)14-21-22-17(23(14)2)27-10-13(24)20-16-18-8-9-26-16/h3-7,11H,8-10H2,1-2H3,(H,19,25)(H,18,20,24)/t11-/m0/s1. The Bertz CT molecular complexity index is 852. The van der Waals surface area contributed by atoms with Crippen molar-refractivity contribution < 1.29 is 9.59 Å². The van der Waals surface area contributed by atoms with Crippen molar-refractivity contribution in [1.82, 2.24) is 25.4 Å². The third-order valence-corrected chi connectivity index (χ3v) is 5.72. The number of amides is 2. The van der Waals surface area contributed by atoms with Crippen LogP contribution in [0.5, 0.6) is 0 Å². The predicted molar refractivity (Wildman–Crippen MR) is 107 cm³/mol. The molecule has 0 saturated heterocycles. The number of rotatable bonds is 6. The highest BCUT2D eigenvalue weighted by molar-refractivity contribution is 8.14. The number of carbonyl (C=O) groups is 2. The maximum Gasteiger partial charge on any atom is 0.251 e. The van der Waals surface area contributed by atoms with E-state index in [1.54, 1.807) is 28.5 Å². The summed E-state index contributed by atoms with van der Waals surface area (Å²) in [5.74, 6) is 1.45. The highest BCUT2D eigenvalue weighted by Crippen LogP contribution is 2.19. The van der Waals surface area contributed by atoms with E-state index in [-0.39, 0.29) is 23.6 Å². The van der Waals surface area contributed by atoms with Gasteiger partial charge in [-0.05, 0) is 19.1 Å². The molecule has 0 fully saturated rings. The lowest BCUT2D eigenvalue weighted by Gasteiger charge is -2.13. The molecule has 8 nitrogen and oxygen atoms in total. The van der Waals surface area contributed by atoms with E-state index in [1.807, 2.05) is 32.2 Å². The van der Waals surface area contributed by atoms with Gasteiger partial charge in [-0.15, -0.1) is 10.2 Å². The number of hydrogen-bond donors (Lipinski definition) is 2. The van der Waals surface area contributed by atoms with Gasteiger partial charge in [0.05, 0.1) is 18.3 Å². The number of aliphatic imine (C=N–C) groups is 1. The normalized spacial score (nSPS) is 14.5. The first kappa shape index (κ1) is 19.4. The van der Waals surface area contributed by atoms with E-state index in [0.29, 0.717) is 21.7 Å². The lowest BCUT2D eigenvalue weighted by molar-refractivity contribution is -0.117. The molecule has 0 spiro atoms. The molecule has 1 aliphatic rings. The lowest BCUT2D eigenvalue weighted by Crippen LogP contribution is -2.29. The Morgan fingerprint density at radius 2 is 2.07 bits per heavy atom. The van der Waals surface area contributed by atoms with Crippen molar-refractivity contribution in [2.45, 2.75) is 18.1 Å². The number of amidine groups is 1. The first-order valence-corrected chi connectivity index (χ1v) is 10.4. The van der Waals surface area contributed by atoms with Gasteiger partial charge < -0.3 is 15.2 Å². The number of benzene rings is 1. The molecule has 0 aliphatic carbocycles. The maximum absolute atomic E-state index is 12.3. The monoisotopic (exact) mass is 404 g/mol. The molecule has 0 unspecified atom stereocenters. The van der Waals surface area contributed by atoms with Crippen LogP contribution in [-0.2, 0) is 11.8 Å². The number of hydrogen-bond acceptors (Lipinski definition) is 7. The van der Waals surface area contributed by atoms with E-state index in [2.05, 4.69) is 25.8 Å². The summed E-state index contributed by atoms with van der Waals surface area (Å²) in [4.78, 5) is 28.5. The average molecular weight is 405 g/mol. The van der Waals surface area contributed by atoms with E-state index in [4.69, 9.17) is 0 Å². The first-order valence-electron chi connectivity index (χ1n) is 8.39. The van der Waals surface area contributed by atoms with Crippen LogP contribution in [0.15, 0.2) is 40.5 Å². The summed E-state index contributed by atoms with van der Waals surface area (Å²) in [6.45, 7) is 2.59. The molecule has 1 atom stereocenters. The molecular formula is C17H20N6O2S2. The fraction of sp³-hybridized carbons (Fsp3) is 0.353. The Labute approximate surface area is 165 Å². The molecule has 10 heteroatoms. The van der Waals surface area contributed by atoms with Gasteiger partial charge in [0, 0.05) is 18.4 Å². The van der Waals surface area contributed by atoms with Crippen LogP contribution in [0, 0.1) is 0 Å². The molecule has 2 heterocycles. The van der Waals surface area contributed by atoms with Crippen molar-refractivity contribution in [3.8, 4) is 0 Å². The second-order valence-corrected chi connectivity index (χ2v) is 7.86. The van der Waals surface area contributed by atoms with Gasteiger partial charge in [0.1, 0.15) is 0 Å². The lowest BCUT2D eigenvalue weighted by atomic mass is 10.2. The van der Waals surface area contributed by atoms with E-state index < -0.39 is 0 Å². The van der Waals surface area contributed by atoms with Crippen LogP contribution in [0.4, 0.5) is 0 Å². The minimum Gasteiger partial charge on any atom is -0.342 e. The van der Waals surface area contributed by atoms with E-state index >= 15 is 0 Å². The van der Waals surface area contributed by atoms with Crippen LogP contribution in [0.25, 0.3) is 0 Å². The number of thioether (sulfide) groups is 2. The SMILES string of the molecule is C[C@H](NC(=O)c1ccccc1)c1nnc(SCC(=O)NC2=NCCS2)n1C. The topological polar surface area (TPSA) is 101 Å². The Morgan fingerprint density at radius 1 is 1.30 bits per heavy atom. The summed E-state index contributed by atoms with van der Waals surface area (Å²) in [6.07, 6.45) is 0. The summed E-state index contributed by atoms with van der Waals surface area (Å²) in [6, 6.07) is 8.69. The number of carbonyl (C=O) groups excluding carboxylic acids is 2. The number of nitrogens with one attached hydrogen (secondary N) is 2. The molecular weight excluding hydrogens is 384 g/mol. The minimum atomic E-state index is -0.317. The van der Waals surface area contributed by atoms with Crippen LogP contribution in [-0.4, -0.2) is 49.8 Å².